The quantitative estimate of drug-likeness (QED) is 0.529. The summed E-state index contributed by atoms with van der Waals surface area (Å²) in [4.78, 5) is 41.0. The van der Waals surface area contributed by atoms with Crippen molar-refractivity contribution in [1.29, 1.82) is 0 Å². The van der Waals surface area contributed by atoms with E-state index in [1.54, 1.807) is 0 Å². The molecule has 6 nitrogen and oxygen atoms in total. The lowest BCUT2D eigenvalue weighted by Crippen LogP contribution is -2.30. The first-order valence-corrected chi connectivity index (χ1v) is 4.51. The zero-order chi connectivity index (χ0) is 11.1. The van der Waals surface area contributed by atoms with Crippen molar-refractivity contribution in [3.8, 4) is 0 Å². The van der Waals surface area contributed by atoms with Crippen LogP contribution in [0.1, 0.15) is 19.3 Å². The molecule has 0 aliphatic heterocycles. The Labute approximate surface area is 99.0 Å². The fourth-order valence-corrected chi connectivity index (χ4v) is 1.77. The first-order chi connectivity index (χ1) is 7.30. The highest BCUT2D eigenvalue weighted by Crippen LogP contribution is 2.25. The molecule has 86 valence electrons. The lowest BCUT2D eigenvalue weighted by atomic mass is 9.88. The predicted molar refractivity (Wildman–Crippen MR) is 60.0 cm³/mol. The van der Waals surface area contributed by atoms with Gasteiger partial charge in [0.25, 0.3) is 0 Å². The lowest BCUT2D eigenvalue weighted by Gasteiger charge is -2.26. The van der Waals surface area contributed by atoms with Gasteiger partial charge < -0.3 is 0 Å². The third kappa shape index (κ3) is 4.34. The molecule has 1 rings (SSSR count). The molecule has 0 N–H and O–H groups in total. The van der Waals surface area contributed by atoms with E-state index in [2.05, 4.69) is 15.0 Å². The summed E-state index contributed by atoms with van der Waals surface area (Å²) in [6.45, 7) is 0. The zero-order valence-corrected chi connectivity index (χ0v) is 9.42. The van der Waals surface area contributed by atoms with Crippen molar-refractivity contribution in [2.45, 2.75) is 37.4 Å². The summed E-state index contributed by atoms with van der Waals surface area (Å²) < 4.78 is 0. The Bertz CT molecular complexity index is 305. The third-order valence-corrected chi connectivity index (χ3v) is 2.34. The molecule has 0 amide bonds. The van der Waals surface area contributed by atoms with Gasteiger partial charge in [-0.2, -0.15) is 13.5 Å². The van der Waals surface area contributed by atoms with Crippen molar-refractivity contribution in [1.82, 2.24) is 0 Å². The summed E-state index contributed by atoms with van der Waals surface area (Å²) in [7, 11) is 0. The molecule has 0 spiro atoms. The maximum Gasteiger partial charge on any atom is 0.235 e. The zero-order valence-electron chi connectivity index (χ0n) is 8.42. The van der Waals surface area contributed by atoms with Gasteiger partial charge in [-0.3, -0.25) is 0 Å². The van der Waals surface area contributed by atoms with Crippen LogP contribution in [0, 0.1) is 0 Å². The Morgan fingerprint density at radius 1 is 0.688 bits per heavy atom. The van der Waals surface area contributed by atoms with Crippen LogP contribution in [0.15, 0.2) is 15.0 Å². The second-order valence-electron chi connectivity index (χ2n) is 3.33. The van der Waals surface area contributed by atoms with Crippen molar-refractivity contribution < 1.29 is 14.4 Å². The minimum Gasteiger partial charge on any atom is -0.211 e. The minimum atomic E-state index is -0.277. The Hall–Kier alpha value is -1.51. The van der Waals surface area contributed by atoms with Gasteiger partial charge in [0.1, 0.15) is 0 Å². The lowest BCUT2D eigenvalue weighted by molar-refractivity contribution is 0.353. The highest BCUT2D eigenvalue weighted by atomic mass is 32.1. The number of aliphatic imine (C=N–C) groups is 3. The summed E-state index contributed by atoms with van der Waals surface area (Å²) in [6.07, 6.45) is 5.86. The molecule has 0 saturated heterocycles. The van der Waals surface area contributed by atoms with Gasteiger partial charge in [-0.15, -0.1) is 0 Å². The molecule has 1 aliphatic carbocycles. The molecule has 0 radical (unpaired) electrons. The number of nitrogens with zero attached hydrogens (tertiary/aromatic N) is 3. The molecular formula is C9H11N3O3S. The Kier molecular flexibility index (Phi) is 7.01. The van der Waals surface area contributed by atoms with Crippen LogP contribution in [-0.2, 0) is 14.4 Å². The molecule has 0 bridgehead atoms. The van der Waals surface area contributed by atoms with E-state index < -0.39 is 0 Å². The van der Waals surface area contributed by atoms with Crippen LogP contribution in [0.2, 0.25) is 0 Å². The van der Waals surface area contributed by atoms with Gasteiger partial charge in [-0.25, -0.2) is 29.4 Å². The predicted octanol–water partition coefficient (Wildman–Crippen LogP) is 0.396. The number of hydrogen-bond acceptors (Lipinski definition) is 6. The van der Waals surface area contributed by atoms with Crippen LogP contribution in [0.25, 0.3) is 0 Å². The molecule has 0 atom stereocenters. The standard InChI is InChI=1S/C9H9N3O3.H2S/c13-4-10-7-1-8(11-5-14)3-9(2-7)12-6-15;/h7-9H,1-3H2;1H2. The second kappa shape index (κ2) is 7.74. The molecule has 0 aromatic rings. The molecule has 7 heteroatoms. The monoisotopic (exact) mass is 241 g/mol. The Balaban J connectivity index is 0.00000225. The average molecular weight is 241 g/mol. The minimum absolute atomic E-state index is 0. The largest absolute Gasteiger partial charge is 0.235 e. The van der Waals surface area contributed by atoms with Crippen LogP contribution >= 0.6 is 13.5 Å². The fourth-order valence-electron chi connectivity index (χ4n) is 1.77. The van der Waals surface area contributed by atoms with Gasteiger partial charge in [0.05, 0.1) is 18.1 Å². The summed E-state index contributed by atoms with van der Waals surface area (Å²) >= 11 is 0. The van der Waals surface area contributed by atoms with E-state index >= 15 is 0 Å². The van der Waals surface area contributed by atoms with Crippen LogP contribution in [0.3, 0.4) is 0 Å². The summed E-state index contributed by atoms with van der Waals surface area (Å²) in [5, 5.41) is 0. The third-order valence-electron chi connectivity index (χ3n) is 2.34. The van der Waals surface area contributed by atoms with Crippen molar-refractivity contribution in [3.63, 3.8) is 0 Å². The topological polar surface area (TPSA) is 88.3 Å². The SMILES string of the molecule is O=C=NC1CC(N=C=O)CC(N=C=O)C1.S. The van der Waals surface area contributed by atoms with Crippen LogP contribution in [-0.4, -0.2) is 36.4 Å². The summed E-state index contributed by atoms with van der Waals surface area (Å²) in [5.74, 6) is 0. The first-order valence-electron chi connectivity index (χ1n) is 4.51. The average Bonchev–Trinajstić information content (AvgIpc) is 2.19. The Morgan fingerprint density at radius 2 is 0.938 bits per heavy atom. The Morgan fingerprint density at radius 3 is 1.12 bits per heavy atom. The van der Waals surface area contributed by atoms with E-state index in [0.29, 0.717) is 19.3 Å². The van der Waals surface area contributed by atoms with Gasteiger partial charge in [-0.1, -0.05) is 0 Å². The smallest absolute Gasteiger partial charge is 0.211 e. The molecule has 0 aromatic heterocycles. The van der Waals surface area contributed by atoms with Gasteiger partial charge in [0.15, 0.2) is 0 Å². The van der Waals surface area contributed by atoms with Gasteiger partial charge >= 0.3 is 0 Å². The molecule has 0 aromatic carbocycles. The maximum atomic E-state index is 10.1. The second-order valence-corrected chi connectivity index (χ2v) is 3.33. The maximum absolute atomic E-state index is 10.1. The van der Waals surface area contributed by atoms with Gasteiger partial charge in [-0.05, 0) is 19.3 Å². The molecule has 1 fully saturated rings. The van der Waals surface area contributed by atoms with Crippen LogP contribution < -0.4 is 0 Å². The highest BCUT2D eigenvalue weighted by Gasteiger charge is 2.28. The highest BCUT2D eigenvalue weighted by molar-refractivity contribution is 7.59. The van der Waals surface area contributed by atoms with Gasteiger partial charge in [0.2, 0.25) is 18.2 Å². The first kappa shape index (κ1) is 14.5. The molecule has 1 saturated carbocycles. The van der Waals surface area contributed by atoms with Crippen LogP contribution in [0.4, 0.5) is 0 Å². The van der Waals surface area contributed by atoms with Crippen molar-refractivity contribution >= 4 is 31.7 Å². The van der Waals surface area contributed by atoms with Crippen molar-refractivity contribution in [2.75, 3.05) is 0 Å². The summed E-state index contributed by atoms with van der Waals surface area (Å²) in [6, 6.07) is -0.832. The van der Waals surface area contributed by atoms with Crippen molar-refractivity contribution in [3.05, 3.63) is 0 Å². The number of isocyanates is 3. The fraction of sp³-hybridized carbons (Fsp3) is 0.667. The van der Waals surface area contributed by atoms with Crippen LogP contribution in [0.5, 0.6) is 0 Å². The molecule has 0 heterocycles. The number of hydrogen-bond donors (Lipinski definition) is 0. The van der Waals surface area contributed by atoms with E-state index in [0.717, 1.165) is 0 Å². The molecule has 0 unspecified atom stereocenters. The van der Waals surface area contributed by atoms with E-state index in [4.69, 9.17) is 0 Å². The normalized spacial score (nSPS) is 27.4. The number of carbonyl (C=O) groups excluding carboxylic acids is 3. The molecule has 1 aliphatic rings. The van der Waals surface area contributed by atoms with E-state index in [9.17, 15) is 14.4 Å². The van der Waals surface area contributed by atoms with E-state index in [1.165, 1.54) is 18.2 Å². The molecular weight excluding hydrogens is 230 g/mol. The van der Waals surface area contributed by atoms with E-state index in [1.807, 2.05) is 0 Å². The van der Waals surface area contributed by atoms with E-state index in [-0.39, 0.29) is 31.6 Å². The summed E-state index contributed by atoms with van der Waals surface area (Å²) in [5.41, 5.74) is 0. The van der Waals surface area contributed by atoms with Gasteiger partial charge in [0, 0.05) is 0 Å². The van der Waals surface area contributed by atoms with Crippen molar-refractivity contribution in [2.24, 2.45) is 15.0 Å². The number of rotatable bonds is 3. The molecule has 16 heavy (non-hydrogen) atoms.